The molecular formula is C11H21NOS. The van der Waals surface area contributed by atoms with Gasteiger partial charge in [0.15, 0.2) is 0 Å². The van der Waals surface area contributed by atoms with Crippen molar-refractivity contribution in [2.24, 2.45) is 17.8 Å². The van der Waals surface area contributed by atoms with Crippen LogP contribution in [0.4, 0.5) is 0 Å². The van der Waals surface area contributed by atoms with Crippen molar-refractivity contribution >= 4 is 11.0 Å². The Morgan fingerprint density at radius 2 is 2.21 bits per heavy atom. The molecular weight excluding hydrogens is 194 g/mol. The maximum absolute atomic E-state index is 11.6. The van der Waals surface area contributed by atoms with Crippen LogP contribution in [0.3, 0.4) is 0 Å². The second-order valence-corrected chi connectivity index (χ2v) is 6.46. The van der Waals surface area contributed by atoms with Gasteiger partial charge in [-0.1, -0.05) is 26.7 Å². The summed E-state index contributed by atoms with van der Waals surface area (Å²) in [5.74, 6) is 3.30. The summed E-state index contributed by atoms with van der Waals surface area (Å²) in [7, 11) is 1.35. The highest BCUT2D eigenvalue weighted by Crippen LogP contribution is 2.45. The zero-order valence-corrected chi connectivity index (χ0v) is 10.2. The van der Waals surface area contributed by atoms with E-state index in [1.54, 1.807) is 0 Å². The van der Waals surface area contributed by atoms with E-state index in [1.165, 1.54) is 19.3 Å². The van der Waals surface area contributed by atoms with E-state index in [2.05, 4.69) is 18.2 Å². The first-order valence-electron chi connectivity index (χ1n) is 5.76. The highest BCUT2D eigenvalue weighted by molar-refractivity contribution is 7.82. The van der Waals surface area contributed by atoms with Gasteiger partial charge >= 0.3 is 0 Å². The smallest absolute Gasteiger partial charge is 0.0946 e. The average Bonchev–Trinajstić information content (AvgIpc) is 2.59. The van der Waals surface area contributed by atoms with Crippen LogP contribution in [-0.2, 0) is 11.0 Å². The minimum absolute atomic E-state index is 0.613. The fraction of sp³-hybridized carbons (Fsp3) is 1.00. The minimum atomic E-state index is -0.683. The molecule has 1 saturated heterocycles. The van der Waals surface area contributed by atoms with E-state index in [1.807, 2.05) is 7.05 Å². The average molecular weight is 215 g/mol. The third kappa shape index (κ3) is 1.54. The van der Waals surface area contributed by atoms with Crippen molar-refractivity contribution in [3.8, 4) is 0 Å². The molecule has 0 amide bonds. The summed E-state index contributed by atoms with van der Waals surface area (Å²) in [5, 5.41) is 0. The lowest BCUT2D eigenvalue weighted by Gasteiger charge is -2.17. The molecule has 0 bridgehead atoms. The molecule has 2 rings (SSSR count). The third-order valence-corrected chi connectivity index (χ3v) is 5.82. The van der Waals surface area contributed by atoms with Crippen molar-refractivity contribution in [1.29, 1.82) is 0 Å². The molecule has 82 valence electrons. The molecule has 0 aromatic rings. The molecule has 0 aromatic heterocycles. The summed E-state index contributed by atoms with van der Waals surface area (Å²) in [5.41, 5.74) is 0. The summed E-state index contributed by atoms with van der Waals surface area (Å²) in [4.78, 5) is 0. The van der Waals surface area contributed by atoms with E-state index in [4.69, 9.17) is 0 Å². The van der Waals surface area contributed by atoms with Gasteiger partial charge in [-0.2, -0.15) is 0 Å². The van der Waals surface area contributed by atoms with Crippen molar-refractivity contribution in [2.75, 3.05) is 12.8 Å². The number of rotatable bonds is 2. The molecule has 1 saturated carbocycles. The quantitative estimate of drug-likeness (QED) is 0.690. The first-order chi connectivity index (χ1) is 6.65. The summed E-state index contributed by atoms with van der Waals surface area (Å²) in [6.07, 6.45) is 3.93. The number of fused-ring (bicyclic) bond motifs is 1. The van der Waals surface area contributed by atoms with Gasteiger partial charge in [0.05, 0.1) is 11.0 Å². The zero-order chi connectivity index (χ0) is 10.3. The van der Waals surface area contributed by atoms with Crippen molar-refractivity contribution in [3.05, 3.63) is 0 Å². The Morgan fingerprint density at radius 3 is 2.79 bits per heavy atom. The van der Waals surface area contributed by atoms with E-state index in [-0.39, 0.29) is 0 Å². The fourth-order valence-electron chi connectivity index (χ4n) is 3.27. The van der Waals surface area contributed by atoms with E-state index in [0.717, 1.165) is 17.6 Å². The molecule has 1 aliphatic carbocycles. The molecule has 0 N–H and O–H groups in total. The topological polar surface area (TPSA) is 20.3 Å². The molecule has 1 aliphatic heterocycles. The zero-order valence-electron chi connectivity index (χ0n) is 9.40. The van der Waals surface area contributed by atoms with Crippen LogP contribution in [-0.4, -0.2) is 27.4 Å². The van der Waals surface area contributed by atoms with Crippen LogP contribution >= 0.6 is 0 Å². The predicted molar refractivity (Wildman–Crippen MR) is 60.2 cm³/mol. The lowest BCUT2D eigenvalue weighted by Crippen LogP contribution is -2.26. The highest BCUT2D eigenvalue weighted by atomic mass is 32.2. The second-order valence-electron chi connectivity index (χ2n) is 4.91. The summed E-state index contributed by atoms with van der Waals surface area (Å²) in [6.45, 7) is 4.63. The van der Waals surface area contributed by atoms with Gasteiger partial charge in [-0.3, -0.25) is 0 Å². The maximum Gasteiger partial charge on any atom is 0.0946 e. The van der Waals surface area contributed by atoms with Crippen molar-refractivity contribution in [3.63, 3.8) is 0 Å². The van der Waals surface area contributed by atoms with Gasteiger partial charge in [0.25, 0.3) is 0 Å². The number of nitrogens with zero attached hydrogens (tertiary/aromatic N) is 1. The Bertz CT molecular complexity index is 243. The second kappa shape index (κ2) is 3.93. The van der Waals surface area contributed by atoms with E-state index in [9.17, 15) is 4.21 Å². The predicted octanol–water partition coefficient (Wildman–Crippen LogP) is 2.04. The molecule has 0 radical (unpaired) electrons. The van der Waals surface area contributed by atoms with Crippen LogP contribution in [0.25, 0.3) is 0 Å². The van der Waals surface area contributed by atoms with Crippen molar-refractivity contribution in [2.45, 2.75) is 39.2 Å². The fourth-order valence-corrected chi connectivity index (χ4v) is 4.90. The Hall–Kier alpha value is 0.110. The van der Waals surface area contributed by atoms with Crippen LogP contribution in [0.1, 0.15) is 33.1 Å². The molecule has 2 aliphatic rings. The number of hydrogen-bond acceptors (Lipinski definition) is 1. The van der Waals surface area contributed by atoms with Gasteiger partial charge in [-0.05, 0) is 24.2 Å². The summed E-state index contributed by atoms with van der Waals surface area (Å²) in [6, 6.07) is 0.613. The molecule has 0 spiro atoms. The molecule has 3 heteroatoms. The Morgan fingerprint density at radius 1 is 1.50 bits per heavy atom. The van der Waals surface area contributed by atoms with Gasteiger partial charge in [0.1, 0.15) is 0 Å². The Labute approximate surface area is 89.6 Å². The minimum Gasteiger partial charge on any atom is -0.243 e. The largest absolute Gasteiger partial charge is 0.243 e. The van der Waals surface area contributed by atoms with Gasteiger partial charge in [0, 0.05) is 18.8 Å². The standard InChI is InChI=1S/C11H21NOS/c1-4-5-9-6-11-10(8(9)2)7-14(13)12(11)3/h8-11H,4-7H2,1-3H3. The van der Waals surface area contributed by atoms with Gasteiger partial charge in [-0.15, -0.1) is 0 Å². The first-order valence-corrected chi connectivity index (χ1v) is 7.04. The maximum atomic E-state index is 11.6. The first kappa shape index (κ1) is 10.6. The van der Waals surface area contributed by atoms with Crippen LogP contribution in [0.5, 0.6) is 0 Å². The third-order valence-electron chi connectivity index (χ3n) is 4.24. The van der Waals surface area contributed by atoms with E-state index < -0.39 is 11.0 Å². The molecule has 0 aromatic carbocycles. The molecule has 5 unspecified atom stereocenters. The van der Waals surface area contributed by atoms with E-state index >= 15 is 0 Å². The summed E-state index contributed by atoms with van der Waals surface area (Å²) >= 11 is 0. The van der Waals surface area contributed by atoms with E-state index in [0.29, 0.717) is 12.0 Å². The molecule has 1 heterocycles. The Kier molecular flexibility index (Phi) is 2.98. The monoisotopic (exact) mass is 215 g/mol. The number of hydrogen-bond donors (Lipinski definition) is 0. The van der Waals surface area contributed by atoms with Gasteiger partial charge < -0.3 is 0 Å². The summed E-state index contributed by atoms with van der Waals surface area (Å²) < 4.78 is 13.7. The molecule has 5 atom stereocenters. The van der Waals surface area contributed by atoms with Crippen molar-refractivity contribution in [1.82, 2.24) is 4.31 Å². The molecule has 2 fully saturated rings. The SMILES string of the molecule is CCCC1CC2C(CS(=O)N2C)C1C. The molecule has 2 nitrogen and oxygen atoms in total. The Balaban J connectivity index is 2.07. The van der Waals surface area contributed by atoms with Gasteiger partial charge in [0.2, 0.25) is 0 Å². The molecule has 14 heavy (non-hydrogen) atoms. The van der Waals surface area contributed by atoms with Crippen LogP contribution in [0, 0.1) is 17.8 Å². The lowest BCUT2D eigenvalue weighted by molar-refractivity contribution is 0.324. The normalized spacial score (nSPS) is 48.4. The lowest BCUT2D eigenvalue weighted by atomic mass is 9.89. The highest BCUT2D eigenvalue weighted by Gasteiger charge is 2.48. The van der Waals surface area contributed by atoms with Crippen LogP contribution < -0.4 is 0 Å². The van der Waals surface area contributed by atoms with Gasteiger partial charge in [-0.25, -0.2) is 8.51 Å². The van der Waals surface area contributed by atoms with Crippen LogP contribution in [0.2, 0.25) is 0 Å². The van der Waals surface area contributed by atoms with Crippen LogP contribution in [0.15, 0.2) is 0 Å². The van der Waals surface area contributed by atoms with Crippen molar-refractivity contribution < 1.29 is 4.21 Å².